The minimum absolute atomic E-state index is 0.349. The Morgan fingerprint density at radius 1 is 1.32 bits per heavy atom. The van der Waals surface area contributed by atoms with E-state index in [1.54, 1.807) is 0 Å². The number of aliphatic hydroxyl groups is 1. The molecule has 4 N–H and O–H groups in total. The van der Waals surface area contributed by atoms with E-state index in [4.69, 9.17) is 9.84 Å². The number of nitrogens with one attached hydrogen (secondary N) is 2. The fraction of sp³-hybridized carbons (Fsp3) is 0.833. The minimum Gasteiger partial charge on any atom is -0.479 e. The molecule has 0 aliphatic carbocycles. The second-order valence-corrected chi connectivity index (χ2v) is 5.01. The number of carbonyl (C=O) groups excluding carboxylic acids is 1. The first-order chi connectivity index (χ1) is 8.75. The average molecular weight is 276 g/mol. The van der Waals surface area contributed by atoms with Gasteiger partial charge in [-0.2, -0.15) is 0 Å². The zero-order valence-corrected chi connectivity index (χ0v) is 11.7. The maximum Gasteiger partial charge on any atom is 0.337 e. The summed E-state index contributed by atoms with van der Waals surface area (Å²) < 4.78 is 5.33. The molecule has 0 radical (unpaired) electrons. The molecule has 1 unspecified atom stereocenters. The summed E-state index contributed by atoms with van der Waals surface area (Å²) in [6, 6.07) is -0.509. The first-order valence-electron chi connectivity index (χ1n) is 6.31. The van der Waals surface area contributed by atoms with E-state index in [0.29, 0.717) is 32.1 Å². The van der Waals surface area contributed by atoms with Gasteiger partial charge < -0.3 is 25.6 Å². The lowest BCUT2D eigenvalue weighted by Gasteiger charge is -2.18. The predicted molar refractivity (Wildman–Crippen MR) is 69.9 cm³/mol. The van der Waals surface area contributed by atoms with E-state index in [1.807, 2.05) is 0 Å². The summed E-state index contributed by atoms with van der Waals surface area (Å²) in [5.41, 5.74) is -1.96. The van der Waals surface area contributed by atoms with Crippen molar-refractivity contribution in [2.45, 2.75) is 32.8 Å². The van der Waals surface area contributed by atoms with Crippen LogP contribution in [0, 0.1) is 5.92 Å². The monoisotopic (exact) mass is 276 g/mol. The van der Waals surface area contributed by atoms with Crippen LogP contribution >= 0.6 is 0 Å². The lowest BCUT2D eigenvalue weighted by Crippen LogP contribution is -2.49. The van der Waals surface area contributed by atoms with Crippen molar-refractivity contribution in [2.75, 3.05) is 26.3 Å². The van der Waals surface area contributed by atoms with Crippen LogP contribution in [0.4, 0.5) is 4.79 Å². The highest BCUT2D eigenvalue weighted by atomic mass is 16.5. The first-order valence-corrected chi connectivity index (χ1v) is 6.31. The molecular formula is C12H24N2O5. The van der Waals surface area contributed by atoms with Crippen molar-refractivity contribution in [1.82, 2.24) is 10.6 Å². The SMILES string of the molecule is CC(C)COCCCNC(=O)NCC(C)(O)C(=O)O. The molecule has 0 aliphatic rings. The summed E-state index contributed by atoms with van der Waals surface area (Å²) in [7, 11) is 0. The van der Waals surface area contributed by atoms with Crippen LogP contribution in [0.3, 0.4) is 0 Å². The lowest BCUT2D eigenvalue weighted by molar-refractivity contribution is -0.155. The predicted octanol–water partition coefficient (Wildman–Crippen LogP) is 0.184. The van der Waals surface area contributed by atoms with E-state index in [2.05, 4.69) is 24.5 Å². The molecule has 7 heteroatoms. The Hall–Kier alpha value is -1.34. The van der Waals surface area contributed by atoms with Gasteiger partial charge >= 0.3 is 12.0 Å². The Morgan fingerprint density at radius 3 is 2.47 bits per heavy atom. The standard InChI is InChI=1S/C12H24N2O5/c1-9(2)7-19-6-4-5-13-11(17)14-8-12(3,18)10(15)16/h9,18H,4-8H2,1-3H3,(H,15,16)(H2,13,14,17). The number of ether oxygens (including phenoxy) is 1. The molecule has 1 atom stereocenters. The number of carbonyl (C=O) groups is 2. The van der Waals surface area contributed by atoms with Gasteiger partial charge in [0.15, 0.2) is 5.60 Å². The molecule has 0 aliphatic heterocycles. The number of amides is 2. The molecule has 0 spiro atoms. The summed E-state index contributed by atoms with van der Waals surface area (Å²) in [6.07, 6.45) is 0.676. The molecule has 0 heterocycles. The van der Waals surface area contributed by atoms with Gasteiger partial charge in [0, 0.05) is 19.8 Å². The summed E-state index contributed by atoms with van der Waals surface area (Å²) in [5, 5.41) is 22.8. The first kappa shape index (κ1) is 17.7. The molecule has 19 heavy (non-hydrogen) atoms. The van der Waals surface area contributed by atoms with Crippen molar-refractivity contribution in [1.29, 1.82) is 0 Å². The molecule has 0 rings (SSSR count). The van der Waals surface area contributed by atoms with Crippen molar-refractivity contribution in [3.05, 3.63) is 0 Å². The van der Waals surface area contributed by atoms with Crippen LogP contribution in [0.2, 0.25) is 0 Å². The molecule has 2 amide bonds. The summed E-state index contributed by atoms with van der Waals surface area (Å²) in [4.78, 5) is 21.9. The molecule has 0 aromatic rings. The summed E-state index contributed by atoms with van der Waals surface area (Å²) in [5.74, 6) is -0.899. The van der Waals surface area contributed by atoms with Crippen LogP contribution in [-0.4, -0.2) is 54.1 Å². The van der Waals surface area contributed by atoms with Gasteiger partial charge in [-0.05, 0) is 19.3 Å². The van der Waals surface area contributed by atoms with Crippen LogP contribution in [0.25, 0.3) is 0 Å². The average Bonchev–Trinajstić information content (AvgIpc) is 2.30. The van der Waals surface area contributed by atoms with Crippen molar-refractivity contribution < 1.29 is 24.5 Å². The fourth-order valence-corrected chi connectivity index (χ4v) is 1.09. The Balaban J connectivity index is 3.58. The topological polar surface area (TPSA) is 108 Å². The summed E-state index contributed by atoms with van der Waals surface area (Å²) in [6.45, 7) is 6.56. The van der Waals surface area contributed by atoms with Crippen LogP contribution in [0.5, 0.6) is 0 Å². The quantitative estimate of drug-likeness (QED) is 0.449. The van der Waals surface area contributed by atoms with Crippen molar-refractivity contribution in [3.8, 4) is 0 Å². The molecular weight excluding hydrogens is 252 g/mol. The Bertz CT molecular complexity index is 292. The van der Waals surface area contributed by atoms with Gasteiger partial charge in [-0.1, -0.05) is 13.8 Å². The normalized spacial score (nSPS) is 13.9. The van der Waals surface area contributed by atoms with E-state index < -0.39 is 17.6 Å². The highest BCUT2D eigenvalue weighted by Gasteiger charge is 2.30. The smallest absolute Gasteiger partial charge is 0.337 e. The van der Waals surface area contributed by atoms with E-state index in [9.17, 15) is 14.7 Å². The van der Waals surface area contributed by atoms with Gasteiger partial charge in [-0.3, -0.25) is 0 Å². The second-order valence-electron chi connectivity index (χ2n) is 5.01. The zero-order valence-electron chi connectivity index (χ0n) is 11.7. The van der Waals surface area contributed by atoms with Gasteiger partial charge in [0.1, 0.15) is 0 Å². The third-order valence-corrected chi connectivity index (χ3v) is 2.26. The van der Waals surface area contributed by atoms with Crippen molar-refractivity contribution in [3.63, 3.8) is 0 Å². The number of hydrogen-bond donors (Lipinski definition) is 4. The van der Waals surface area contributed by atoms with E-state index in [0.717, 1.165) is 6.92 Å². The van der Waals surface area contributed by atoms with Gasteiger partial charge in [0.05, 0.1) is 6.54 Å². The fourth-order valence-electron chi connectivity index (χ4n) is 1.09. The maximum atomic E-state index is 11.3. The Labute approximate surface area is 113 Å². The number of aliphatic carboxylic acids is 1. The minimum atomic E-state index is -1.96. The molecule has 0 saturated carbocycles. The van der Waals surface area contributed by atoms with Gasteiger partial charge in [0.2, 0.25) is 0 Å². The van der Waals surface area contributed by atoms with E-state index in [1.165, 1.54) is 0 Å². The molecule has 0 saturated heterocycles. The number of rotatable bonds is 9. The molecule has 0 aromatic heterocycles. The third-order valence-electron chi connectivity index (χ3n) is 2.26. The number of carboxylic acid groups (broad SMARTS) is 1. The van der Waals surface area contributed by atoms with Crippen LogP contribution in [0.15, 0.2) is 0 Å². The summed E-state index contributed by atoms with van der Waals surface area (Å²) >= 11 is 0. The van der Waals surface area contributed by atoms with Gasteiger partial charge in [-0.15, -0.1) is 0 Å². The highest BCUT2D eigenvalue weighted by Crippen LogP contribution is 2.00. The Kier molecular flexibility index (Phi) is 8.09. The van der Waals surface area contributed by atoms with Crippen LogP contribution in [-0.2, 0) is 9.53 Å². The highest BCUT2D eigenvalue weighted by molar-refractivity contribution is 5.79. The van der Waals surface area contributed by atoms with Gasteiger partial charge in [-0.25, -0.2) is 9.59 Å². The van der Waals surface area contributed by atoms with E-state index in [-0.39, 0.29) is 6.54 Å². The molecule has 0 bridgehead atoms. The molecule has 112 valence electrons. The maximum absolute atomic E-state index is 11.3. The number of hydrogen-bond acceptors (Lipinski definition) is 4. The second kappa shape index (κ2) is 8.71. The zero-order chi connectivity index (χ0) is 14.9. The molecule has 0 fully saturated rings. The molecule has 7 nitrogen and oxygen atoms in total. The van der Waals surface area contributed by atoms with Crippen molar-refractivity contribution in [2.24, 2.45) is 5.92 Å². The Morgan fingerprint density at radius 2 is 1.95 bits per heavy atom. The van der Waals surface area contributed by atoms with Crippen LogP contribution in [0.1, 0.15) is 27.2 Å². The number of carboxylic acids is 1. The molecule has 0 aromatic carbocycles. The van der Waals surface area contributed by atoms with Gasteiger partial charge in [0.25, 0.3) is 0 Å². The largest absolute Gasteiger partial charge is 0.479 e. The van der Waals surface area contributed by atoms with Crippen molar-refractivity contribution >= 4 is 12.0 Å². The number of urea groups is 1. The van der Waals surface area contributed by atoms with Crippen LogP contribution < -0.4 is 10.6 Å². The van der Waals surface area contributed by atoms with E-state index >= 15 is 0 Å². The third kappa shape index (κ3) is 9.26. The lowest BCUT2D eigenvalue weighted by atomic mass is 10.1.